The van der Waals surface area contributed by atoms with Crippen LogP contribution < -0.4 is 11.1 Å². The molecule has 0 bridgehead atoms. The first-order valence-corrected chi connectivity index (χ1v) is 5.48. The van der Waals surface area contributed by atoms with Gasteiger partial charge in [-0.05, 0) is 18.7 Å². The zero-order valence-corrected chi connectivity index (χ0v) is 9.11. The Labute approximate surface area is 94.8 Å². The molecule has 1 amide bonds. The summed E-state index contributed by atoms with van der Waals surface area (Å²) < 4.78 is 5.36. The van der Waals surface area contributed by atoms with Crippen LogP contribution in [-0.4, -0.2) is 19.2 Å². The normalized spacial score (nSPS) is 19.0. The minimum Gasteiger partial charge on any atom is -0.438 e. The van der Waals surface area contributed by atoms with E-state index in [1.54, 1.807) is 0 Å². The number of rotatable bonds is 2. The molecule has 1 fully saturated rings. The predicted octanol–water partition coefficient (Wildman–Crippen LogP) is 1.36. The van der Waals surface area contributed by atoms with Gasteiger partial charge in [-0.1, -0.05) is 30.3 Å². The number of amides is 1. The summed E-state index contributed by atoms with van der Waals surface area (Å²) in [4.78, 5) is 11.0. The van der Waals surface area contributed by atoms with Crippen molar-refractivity contribution in [2.75, 3.05) is 13.1 Å². The Hall–Kier alpha value is -1.55. The van der Waals surface area contributed by atoms with Crippen LogP contribution in [0.1, 0.15) is 18.4 Å². The molecule has 0 aromatic heterocycles. The first kappa shape index (κ1) is 11.0. The highest BCUT2D eigenvalue weighted by Crippen LogP contribution is 2.34. The van der Waals surface area contributed by atoms with Crippen molar-refractivity contribution in [2.45, 2.75) is 18.4 Å². The van der Waals surface area contributed by atoms with Crippen LogP contribution in [0.5, 0.6) is 0 Å². The Morgan fingerprint density at radius 2 is 1.88 bits per heavy atom. The molecule has 2 rings (SSSR count). The highest BCUT2D eigenvalue weighted by molar-refractivity contribution is 5.65. The number of hydrogen-bond donors (Lipinski definition) is 2. The second-order valence-corrected chi connectivity index (χ2v) is 4.03. The fraction of sp³-hybridized carbons (Fsp3) is 0.417. The molecule has 1 aromatic rings. The third-order valence-electron chi connectivity index (χ3n) is 3.01. The average molecular weight is 220 g/mol. The molecule has 0 aliphatic carbocycles. The molecule has 1 heterocycles. The molecule has 1 aromatic carbocycles. The van der Waals surface area contributed by atoms with Gasteiger partial charge in [0.05, 0.1) is 0 Å². The summed E-state index contributed by atoms with van der Waals surface area (Å²) in [7, 11) is 0. The number of nitrogens with two attached hydrogens (primary N) is 1. The van der Waals surface area contributed by atoms with Crippen molar-refractivity contribution in [1.82, 2.24) is 5.32 Å². The SMILES string of the molecule is NC(=O)OC1(c2ccccc2)CCNCC1. The first-order chi connectivity index (χ1) is 7.73. The molecular formula is C12H16N2O2. The van der Waals surface area contributed by atoms with Gasteiger partial charge in [0.1, 0.15) is 5.60 Å². The Bertz CT molecular complexity index is 359. The van der Waals surface area contributed by atoms with Crippen molar-refractivity contribution in [3.63, 3.8) is 0 Å². The number of piperidine rings is 1. The molecule has 3 N–H and O–H groups in total. The summed E-state index contributed by atoms with van der Waals surface area (Å²) in [5, 5.41) is 3.25. The lowest BCUT2D eigenvalue weighted by Gasteiger charge is -2.36. The number of carbonyl (C=O) groups is 1. The van der Waals surface area contributed by atoms with E-state index in [1.165, 1.54) is 0 Å². The molecule has 0 radical (unpaired) electrons. The van der Waals surface area contributed by atoms with Gasteiger partial charge in [-0.25, -0.2) is 4.79 Å². The molecular weight excluding hydrogens is 204 g/mol. The summed E-state index contributed by atoms with van der Waals surface area (Å²) in [6.07, 6.45) is 0.825. The van der Waals surface area contributed by atoms with E-state index in [0.29, 0.717) is 0 Å². The maximum atomic E-state index is 11.0. The second-order valence-electron chi connectivity index (χ2n) is 4.03. The smallest absolute Gasteiger partial charge is 0.405 e. The number of benzene rings is 1. The molecule has 0 saturated carbocycles. The highest BCUT2D eigenvalue weighted by Gasteiger charge is 2.37. The molecule has 1 aliphatic rings. The van der Waals surface area contributed by atoms with Gasteiger partial charge >= 0.3 is 6.09 Å². The van der Waals surface area contributed by atoms with Gasteiger partial charge in [0, 0.05) is 12.8 Å². The zero-order chi connectivity index (χ0) is 11.4. The quantitative estimate of drug-likeness (QED) is 0.791. The third-order valence-corrected chi connectivity index (χ3v) is 3.01. The van der Waals surface area contributed by atoms with Crippen molar-refractivity contribution in [1.29, 1.82) is 0 Å². The first-order valence-electron chi connectivity index (χ1n) is 5.48. The largest absolute Gasteiger partial charge is 0.438 e. The molecule has 86 valence electrons. The van der Waals surface area contributed by atoms with Gasteiger partial charge in [-0.2, -0.15) is 0 Å². The van der Waals surface area contributed by atoms with E-state index in [2.05, 4.69) is 5.32 Å². The van der Waals surface area contributed by atoms with Crippen molar-refractivity contribution in [2.24, 2.45) is 5.73 Å². The van der Waals surface area contributed by atoms with Gasteiger partial charge < -0.3 is 15.8 Å². The lowest BCUT2D eigenvalue weighted by molar-refractivity contribution is -0.0111. The van der Waals surface area contributed by atoms with E-state index < -0.39 is 11.7 Å². The van der Waals surface area contributed by atoms with Gasteiger partial charge in [0.2, 0.25) is 0 Å². The van der Waals surface area contributed by atoms with Crippen molar-refractivity contribution >= 4 is 6.09 Å². The summed E-state index contributed by atoms with van der Waals surface area (Å²) in [5.41, 5.74) is 5.64. The number of hydrogen-bond acceptors (Lipinski definition) is 3. The average Bonchev–Trinajstić information content (AvgIpc) is 2.30. The number of nitrogens with one attached hydrogen (secondary N) is 1. The predicted molar refractivity (Wildman–Crippen MR) is 60.9 cm³/mol. The molecule has 0 spiro atoms. The van der Waals surface area contributed by atoms with Crippen LogP contribution in [0.3, 0.4) is 0 Å². The van der Waals surface area contributed by atoms with Gasteiger partial charge in [0.15, 0.2) is 0 Å². The number of carbonyl (C=O) groups excluding carboxylic acids is 1. The Kier molecular flexibility index (Phi) is 3.10. The van der Waals surface area contributed by atoms with Crippen molar-refractivity contribution in [3.8, 4) is 0 Å². The fourth-order valence-corrected chi connectivity index (χ4v) is 2.21. The molecule has 4 heteroatoms. The molecule has 1 aliphatic heterocycles. The molecule has 1 saturated heterocycles. The van der Waals surface area contributed by atoms with Crippen LogP contribution in [-0.2, 0) is 10.3 Å². The van der Waals surface area contributed by atoms with Gasteiger partial charge in [0.25, 0.3) is 0 Å². The Morgan fingerprint density at radius 3 is 2.44 bits per heavy atom. The van der Waals surface area contributed by atoms with E-state index >= 15 is 0 Å². The minimum absolute atomic E-state index is 0.543. The van der Waals surface area contributed by atoms with Crippen LogP contribution in [0.25, 0.3) is 0 Å². The fourth-order valence-electron chi connectivity index (χ4n) is 2.21. The van der Waals surface area contributed by atoms with Crippen molar-refractivity contribution < 1.29 is 9.53 Å². The van der Waals surface area contributed by atoms with Crippen LogP contribution in [0.15, 0.2) is 30.3 Å². The Balaban J connectivity index is 2.29. The van der Waals surface area contributed by atoms with E-state index in [0.717, 1.165) is 31.5 Å². The summed E-state index contributed by atoms with van der Waals surface area (Å²) in [6.45, 7) is 1.67. The molecule has 0 atom stereocenters. The number of primary amides is 1. The van der Waals surface area contributed by atoms with E-state index in [4.69, 9.17) is 10.5 Å². The van der Waals surface area contributed by atoms with Gasteiger partial charge in [-0.15, -0.1) is 0 Å². The van der Waals surface area contributed by atoms with Crippen LogP contribution in [0.2, 0.25) is 0 Å². The van der Waals surface area contributed by atoms with Crippen LogP contribution in [0.4, 0.5) is 4.79 Å². The third kappa shape index (κ3) is 2.17. The second kappa shape index (κ2) is 4.53. The van der Waals surface area contributed by atoms with E-state index in [-0.39, 0.29) is 0 Å². The summed E-state index contributed by atoms with van der Waals surface area (Å²) in [5.74, 6) is 0. The summed E-state index contributed by atoms with van der Waals surface area (Å²) >= 11 is 0. The Morgan fingerprint density at radius 1 is 1.25 bits per heavy atom. The summed E-state index contributed by atoms with van der Waals surface area (Å²) in [6, 6.07) is 9.80. The number of ether oxygens (including phenoxy) is 1. The maximum absolute atomic E-state index is 11.0. The molecule has 4 nitrogen and oxygen atoms in total. The highest BCUT2D eigenvalue weighted by atomic mass is 16.6. The van der Waals surface area contributed by atoms with Crippen LogP contribution in [0, 0.1) is 0 Å². The maximum Gasteiger partial charge on any atom is 0.405 e. The van der Waals surface area contributed by atoms with Crippen molar-refractivity contribution in [3.05, 3.63) is 35.9 Å². The molecule has 16 heavy (non-hydrogen) atoms. The minimum atomic E-state index is -0.703. The van der Waals surface area contributed by atoms with E-state index in [9.17, 15) is 4.79 Å². The van der Waals surface area contributed by atoms with E-state index in [1.807, 2.05) is 30.3 Å². The zero-order valence-electron chi connectivity index (χ0n) is 9.11. The monoisotopic (exact) mass is 220 g/mol. The van der Waals surface area contributed by atoms with Gasteiger partial charge in [-0.3, -0.25) is 0 Å². The topological polar surface area (TPSA) is 64.4 Å². The standard InChI is InChI=1S/C12H16N2O2/c13-11(15)16-12(6-8-14-9-7-12)10-4-2-1-3-5-10/h1-5,14H,6-9H2,(H2,13,15). The molecule has 0 unspecified atom stereocenters. The lowest BCUT2D eigenvalue weighted by atomic mass is 9.85. The van der Waals surface area contributed by atoms with Crippen LogP contribution >= 0.6 is 0 Å². The lowest BCUT2D eigenvalue weighted by Crippen LogP contribution is -2.44.